The van der Waals surface area contributed by atoms with Gasteiger partial charge in [0.2, 0.25) is 6.79 Å². The number of amidine groups is 1. The molecule has 0 spiro atoms. The Morgan fingerprint density at radius 2 is 2.04 bits per heavy atom. The van der Waals surface area contributed by atoms with Gasteiger partial charge in [0.25, 0.3) is 5.91 Å². The number of nitrogens with zero attached hydrogens (tertiary/aromatic N) is 1. The van der Waals surface area contributed by atoms with E-state index in [2.05, 4.69) is 10.3 Å². The van der Waals surface area contributed by atoms with Crippen molar-refractivity contribution in [2.75, 3.05) is 6.79 Å². The summed E-state index contributed by atoms with van der Waals surface area (Å²) < 4.78 is 23.5. The van der Waals surface area contributed by atoms with Crippen molar-refractivity contribution < 1.29 is 18.7 Å². The molecule has 8 heteroatoms. The molecule has 0 aliphatic carbocycles. The predicted octanol–water partition coefficient (Wildman–Crippen LogP) is 4.10. The number of hydrogen-bond donors (Lipinski definition) is 1. The molecule has 1 N–H and O–H groups in total. The summed E-state index contributed by atoms with van der Waals surface area (Å²) in [6, 6.07) is 9.15. The van der Waals surface area contributed by atoms with Crippen molar-refractivity contribution in [2.24, 2.45) is 4.99 Å². The van der Waals surface area contributed by atoms with Gasteiger partial charge in [-0.3, -0.25) is 4.79 Å². The lowest BCUT2D eigenvalue weighted by atomic mass is 10.2. The van der Waals surface area contributed by atoms with Crippen LogP contribution in [-0.4, -0.2) is 17.9 Å². The fraction of sp³-hybridized carbons (Fsp3) is 0.0588. The average Bonchev–Trinajstić information content (AvgIpc) is 3.17. The Morgan fingerprint density at radius 3 is 2.84 bits per heavy atom. The molecule has 25 heavy (non-hydrogen) atoms. The van der Waals surface area contributed by atoms with Gasteiger partial charge in [0.1, 0.15) is 5.82 Å². The summed E-state index contributed by atoms with van der Waals surface area (Å²) in [5, 5.41) is 3.52. The first-order valence-electron chi connectivity index (χ1n) is 7.23. The van der Waals surface area contributed by atoms with Crippen LogP contribution in [0.3, 0.4) is 0 Å². The van der Waals surface area contributed by atoms with Gasteiger partial charge < -0.3 is 14.8 Å². The highest BCUT2D eigenvalue weighted by Gasteiger charge is 2.25. The lowest BCUT2D eigenvalue weighted by Crippen LogP contribution is -2.19. The van der Waals surface area contributed by atoms with Crippen molar-refractivity contribution in [3.8, 4) is 11.5 Å². The number of hydrogen-bond acceptors (Lipinski definition) is 5. The number of benzene rings is 2. The number of ether oxygens (including phenoxy) is 2. The zero-order chi connectivity index (χ0) is 17.4. The molecule has 0 saturated carbocycles. The van der Waals surface area contributed by atoms with E-state index in [0.717, 1.165) is 5.56 Å². The molecule has 5 nitrogen and oxygen atoms in total. The molecule has 0 radical (unpaired) electrons. The molecule has 0 bridgehead atoms. The molecule has 2 aromatic rings. The summed E-state index contributed by atoms with van der Waals surface area (Å²) in [7, 11) is 0. The van der Waals surface area contributed by atoms with Crippen LogP contribution in [0.2, 0.25) is 5.02 Å². The molecule has 2 heterocycles. The number of rotatable bonds is 2. The van der Waals surface area contributed by atoms with Gasteiger partial charge in [-0.1, -0.05) is 11.6 Å². The zero-order valence-corrected chi connectivity index (χ0v) is 14.2. The summed E-state index contributed by atoms with van der Waals surface area (Å²) in [6.07, 6.45) is 1.70. The van der Waals surface area contributed by atoms with Gasteiger partial charge in [0.05, 0.1) is 15.6 Å². The molecule has 126 valence electrons. The molecular weight excluding hydrogens is 367 g/mol. The lowest BCUT2D eigenvalue weighted by molar-refractivity contribution is -0.115. The number of carbonyl (C=O) groups is 1. The molecule has 1 fully saturated rings. The van der Waals surface area contributed by atoms with Crippen LogP contribution < -0.4 is 14.8 Å². The van der Waals surface area contributed by atoms with Crippen LogP contribution in [0.15, 0.2) is 46.3 Å². The quantitative estimate of drug-likeness (QED) is 0.802. The Labute approximate surface area is 151 Å². The highest BCUT2D eigenvalue weighted by atomic mass is 35.5. The van der Waals surface area contributed by atoms with Crippen LogP contribution in [0.25, 0.3) is 6.08 Å². The second-order valence-corrected chi connectivity index (χ2v) is 6.63. The molecule has 1 saturated heterocycles. The van der Waals surface area contributed by atoms with Crippen molar-refractivity contribution >= 4 is 46.2 Å². The minimum absolute atomic E-state index is 0.124. The number of amides is 1. The fourth-order valence-corrected chi connectivity index (χ4v) is 3.45. The van der Waals surface area contributed by atoms with Gasteiger partial charge in [0.15, 0.2) is 16.7 Å². The minimum Gasteiger partial charge on any atom is -0.454 e. The molecular formula is C17H10ClFN2O3S. The first-order chi connectivity index (χ1) is 12.1. The van der Waals surface area contributed by atoms with E-state index in [9.17, 15) is 9.18 Å². The minimum atomic E-state index is -0.340. The second-order valence-electron chi connectivity index (χ2n) is 5.19. The highest BCUT2D eigenvalue weighted by Crippen LogP contribution is 2.40. The maximum absolute atomic E-state index is 12.9. The van der Waals surface area contributed by atoms with E-state index in [1.165, 1.54) is 36.0 Å². The highest BCUT2D eigenvalue weighted by molar-refractivity contribution is 8.18. The number of nitrogens with one attached hydrogen (secondary N) is 1. The van der Waals surface area contributed by atoms with E-state index in [4.69, 9.17) is 21.1 Å². The third-order valence-corrected chi connectivity index (χ3v) is 4.65. The SMILES string of the molecule is O=C1NC(=Nc2ccc(F)cc2)S/C1=C/c1cc(Cl)c2c(c1)OCO2. The number of fused-ring (bicyclic) bond motifs is 1. The number of thioether (sulfide) groups is 1. The van der Waals surface area contributed by atoms with Crippen LogP contribution in [0.4, 0.5) is 10.1 Å². The standard InChI is InChI=1S/C17H10ClFN2O3S/c18-12-5-9(6-13-15(12)24-8-23-13)7-14-16(22)21-17(25-14)20-11-3-1-10(19)2-4-11/h1-7H,8H2,(H,20,21,22)/b14-7+. The van der Waals surface area contributed by atoms with E-state index in [1.54, 1.807) is 18.2 Å². The maximum atomic E-state index is 12.9. The third-order valence-electron chi connectivity index (χ3n) is 3.46. The number of aliphatic imine (C=N–C) groups is 1. The Balaban J connectivity index is 1.59. The molecule has 4 rings (SSSR count). The predicted molar refractivity (Wildman–Crippen MR) is 94.8 cm³/mol. The summed E-state index contributed by atoms with van der Waals surface area (Å²) in [6.45, 7) is 0.124. The first-order valence-corrected chi connectivity index (χ1v) is 8.42. The van der Waals surface area contributed by atoms with E-state index in [0.29, 0.717) is 32.3 Å². The largest absolute Gasteiger partial charge is 0.454 e. The lowest BCUT2D eigenvalue weighted by Gasteiger charge is -2.01. The van der Waals surface area contributed by atoms with E-state index < -0.39 is 0 Å². The fourth-order valence-electron chi connectivity index (χ4n) is 2.34. The van der Waals surface area contributed by atoms with Crippen molar-refractivity contribution in [3.63, 3.8) is 0 Å². The van der Waals surface area contributed by atoms with Crippen molar-refractivity contribution in [2.45, 2.75) is 0 Å². The summed E-state index contributed by atoms with van der Waals surface area (Å²) in [5.41, 5.74) is 1.27. The van der Waals surface area contributed by atoms with Gasteiger partial charge in [-0.05, 0) is 59.8 Å². The topological polar surface area (TPSA) is 59.9 Å². The Bertz CT molecular complexity index is 928. The van der Waals surface area contributed by atoms with E-state index in [1.807, 2.05) is 0 Å². The molecule has 2 aliphatic rings. The van der Waals surface area contributed by atoms with Crippen LogP contribution in [0, 0.1) is 5.82 Å². The van der Waals surface area contributed by atoms with E-state index >= 15 is 0 Å². The van der Waals surface area contributed by atoms with Gasteiger partial charge in [-0.2, -0.15) is 0 Å². The van der Waals surface area contributed by atoms with Gasteiger partial charge in [-0.15, -0.1) is 0 Å². The summed E-state index contributed by atoms with van der Waals surface area (Å²) in [5.74, 6) is 0.445. The molecule has 2 aliphatic heterocycles. The number of carbonyl (C=O) groups excluding carboxylic acids is 1. The van der Waals surface area contributed by atoms with Crippen LogP contribution in [0.5, 0.6) is 11.5 Å². The molecule has 0 atom stereocenters. The Hall–Kier alpha value is -2.51. The summed E-state index contributed by atoms with van der Waals surface area (Å²) in [4.78, 5) is 16.9. The number of halogens is 2. The first kappa shape index (κ1) is 16.0. The summed E-state index contributed by atoms with van der Waals surface area (Å²) >= 11 is 7.34. The zero-order valence-electron chi connectivity index (χ0n) is 12.6. The van der Waals surface area contributed by atoms with Crippen LogP contribution in [-0.2, 0) is 4.79 Å². The van der Waals surface area contributed by atoms with Crippen molar-refractivity contribution in [1.82, 2.24) is 5.32 Å². The third kappa shape index (κ3) is 3.33. The smallest absolute Gasteiger partial charge is 0.264 e. The molecule has 0 unspecified atom stereocenters. The second kappa shape index (κ2) is 6.42. The van der Waals surface area contributed by atoms with E-state index in [-0.39, 0.29) is 18.5 Å². The Kier molecular flexibility index (Phi) is 4.10. The van der Waals surface area contributed by atoms with Crippen LogP contribution >= 0.6 is 23.4 Å². The molecule has 1 amide bonds. The normalized spacial score (nSPS) is 18.9. The monoisotopic (exact) mass is 376 g/mol. The van der Waals surface area contributed by atoms with Crippen molar-refractivity contribution in [3.05, 3.63) is 57.7 Å². The van der Waals surface area contributed by atoms with Gasteiger partial charge in [-0.25, -0.2) is 9.38 Å². The molecule has 2 aromatic carbocycles. The van der Waals surface area contributed by atoms with Gasteiger partial charge in [0, 0.05) is 0 Å². The van der Waals surface area contributed by atoms with Crippen LogP contribution in [0.1, 0.15) is 5.56 Å². The molecule has 0 aromatic heterocycles. The maximum Gasteiger partial charge on any atom is 0.264 e. The van der Waals surface area contributed by atoms with Gasteiger partial charge >= 0.3 is 0 Å². The average molecular weight is 377 g/mol. The van der Waals surface area contributed by atoms with Crippen molar-refractivity contribution in [1.29, 1.82) is 0 Å². The Morgan fingerprint density at radius 1 is 1.24 bits per heavy atom.